The molecule has 0 aliphatic rings. The van der Waals surface area contributed by atoms with Gasteiger partial charge in [0.25, 0.3) is 0 Å². The Kier molecular flexibility index (Phi) is 4.58. The number of carbonyl (C=O) groups is 1. The summed E-state index contributed by atoms with van der Waals surface area (Å²) in [6.45, 7) is 1.78. The number of nitrogens with zero attached hydrogens (tertiary/aromatic N) is 2. The smallest absolute Gasteiger partial charge is 0.318 e. The highest BCUT2D eigenvalue weighted by Gasteiger charge is 2.18. The third kappa shape index (κ3) is 3.35. The van der Waals surface area contributed by atoms with Gasteiger partial charge < -0.3 is 4.74 Å². The molecule has 0 amide bonds. The summed E-state index contributed by atoms with van der Waals surface area (Å²) < 4.78 is 18.7. The van der Waals surface area contributed by atoms with Crippen LogP contribution in [0.2, 0.25) is 0 Å². The van der Waals surface area contributed by atoms with Gasteiger partial charge in [-0.05, 0) is 30.7 Å². The Balaban J connectivity index is 1.98. The first-order valence-corrected chi connectivity index (χ1v) is 8.53. The van der Waals surface area contributed by atoms with Gasteiger partial charge in [-0.2, -0.15) is 0 Å². The lowest BCUT2D eigenvalue weighted by atomic mass is 10.2. The number of rotatable bonds is 4. The van der Waals surface area contributed by atoms with Crippen LogP contribution in [0.4, 0.5) is 4.39 Å². The number of ether oxygens (including phenoxy) is 1. The SMILES string of the molecule is COC(=O)C(C)Sc1ncnc2cc(-c3ccc(F)cc3)sc12. The van der Waals surface area contributed by atoms with Gasteiger partial charge in [0.2, 0.25) is 0 Å². The van der Waals surface area contributed by atoms with Crippen LogP contribution in [-0.2, 0) is 9.53 Å². The van der Waals surface area contributed by atoms with Crippen molar-refractivity contribution in [3.63, 3.8) is 0 Å². The molecule has 1 unspecified atom stereocenters. The number of esters is 1. The van der Waals surface area contributed by atoms with Crippen LogP contribution in [-0.4, -0.2) is 28.3 Å². The van der Waals surface area contributed by atoms with Crippen molar-refractivity contribution in [3.05, 3.63) is 42.5 Å². The molecule has 0 spiro atoms. The highest BCUT2D eigenvalue weighted by atomic mass is 32.2. The number of thiophene rings is 1. The molecule has 1 atom stereocenters. The number of fused-ring (bicyclic) bond motifs is 1. The summed E-state index contributed by atoms with van der Waals surface area (Å²) in [5, 5.41) is 0.390. The Hall–Kier alpha value is -1.99. The molecule has 2 heterocycles. The fourth-order valence-corrected chi connectivity index (χ4v) is 4.17. The summed E-state index contributed by atoms with van der Waals surface area (Å²) in [6.07, 6.45) is 1.48. The Morgan fingerprint density at radius 3 is 2.74 bits per heavy atom. The average molecular weight is 348 g/mol. The van der Waals surface area contributed by atoms with E-state index in [1.54, 1.807) is 19.1 Å². The van der Waals surface area contributed by atoms with Crippen LogP contribution in [0.15, 0.2) is 41.7 Å². The quantitative estimate of drug-likeness (QED) is 0.403. The topological polar surface area (TPSA) is 52.1 Å². The Bertz CT molecular complexity index is 849. The van der Waals surface area contributed by atoms with Gasteiger partial charge in [0.1, 0.15) is 22.4 Å². The van der Waals surface area contributed by atoms with Gasteiger partial charge in [0.05, 0.1) is 17.3 Å². The van der Waals surface area contributed by atoms with Crippen LogP contribution >= 0.6 is 23.1 Å². The molecule has 0 bridgehead atoms. The summed E-state index contributed by atoms with van der Waals surface area (Å²) in [5.41, 5.74) is 1.73. The van der Waals surface area contributed by atoms with Gasteiger partial charge in [-0.15, -0.1) is 11.3 Å². The lowest BCUT2D eigenvalue weighted by Crippen LogP contribution is -2.14. The number of carbonyl (C=O) groups excluding carboxylic acids is 1. The first-order chi connectivity index (χ1) is 11.1. The molecule has 3 aromatic rings. The van der Waals surface area contributed by atoms with Gasteiger partial charge in [-0.25, -0.2) is 14.4 Å². The van der Waals surface area contributed by atoms with Crippen molar-refractivity contribution in [2.24, 2.45) is 0 Å². The van der Waals surface area contributed by atoms with Gasteiger partial charge in [0.15, 0.2) is 0 Å². The third-order valence-electron chi connectivity index (χ3n) is 3.23. The van der Waals surface area contributed by atoms with E-state index in [9.17, 15) is 9.18 Å². The second kappa shape index (κ2) is 6.64. The third-order valence-corrected chi connectivity index (χ3v) is 5.62. The molecule has 0 aliphatic heterocycles. The molecule has 0 N–H and O–H groups in total. The second-order valence-corrected chi connectivity index (χ2v) is 7.18. The van der Waals surface area contributed by atoms with E-state index in [4.69, 9.17) is 4.74 Å². The zero-order valence-corrected chi connectivity index (χ0v) is 14.1. The summed E-state index contributed by atoms with van der Waals surface area (Å²) in [5.74, 6) is -0.560. The van der Waals surface area contributed by atoms with Crippen molar-refractivity contribution in [2.75, 3.05) is 7.11 Å². The average Bonchev–Trinajstić information content (AvgIpc) is 3.00. The van der Waals surface area contributed by atoms with Crippen LogP contribution in [0.1, 0.15) is 6.92 Å². The fraction of sp³-hybridized carbons (Fsp3) is 0.188. The van der Waals surface area contributed by atoms with E-state index < -0.39 is 0 Å². The first-order valence-electron chi connectivity index (χ1n) is 6.83. The van der Waals surface area contributed by atoms with E-state index in [0.29, 0.717) is 0 Å². The lowest BCUT2D eigenvalue weighted by Gasteiger charge is -2.07. The molecular formula is C16H13FN2O2S2. The molecule has 4 nitrogen and oxygen atoms in total. The number of benzene rings is 1. The van der Waals surface area contributed by atoms with Gasteiger partial charge in [-0.1, -0.05) is 23.9 Å². The second-order valence-electron chi connectivity index (χ2n) is 4.79. The number of halogens is 1. The molecule has 0 saturated carbocycles. The van der Waals surface area contributed by atoms with Gasteiger partial charge >= 0.3 is 5.97 Å². The monoisotopic (exact) mass is 348 g/mol. The number of methoxy groups -OCH3 is 1. The van der Waals surface area contributed by atoms with Crippen molar-refractivity contribution < 1.29 is 13.9 Å². The number of aromatic nitrogens is 2. The molecule has 0 saturated heterocycles. The van der Waals surface area contributed by atoms with E-state index in [0.717, 1.165) is 25.7 Å². The highest BCUT2D eigenvalue weighted by molar-refractivity contribution is 8.00. The van der Waals surface area contributed by atoms with Crippen LogP contribution in [0.3, 0.4) is 0 Å². The van der Waals surface area contributed by atoms with E-state index in [1.165, 1.54) is 48.7 Å². The molecule has 2 aromatic heterocycles. The predicted molar refractivity (Wildman–Crippen MR) is 90.1 cm³/mol. The summed E-state index contributed by atoms with van der Waals surface area (Å²) in [6, 6.07) is 8.28. The summed E-state index contributed by atoms with van der Waals surface area (Å²) in [7, 11) is 1.37. The van der Waals surface area contributed by atoms with Crippen molar-refractivity contribution in [1.29, 1.82) is 0 Å². The Morgan fingerprint density at radius 2 is 2.04 bits per heavy atom. The van der Waals surface area contributed by atoms with Crippen LogP contribution in [0.25, 0.3) is 20.7 Å². The summed E-state index contributed by atoms with van der Waals surface area (Å²) >= 11 is 2.87. The van der Waals surface area contributed by atoms with Crippen LogP contribution in [0.5, 0.6) is 0 Å². The minimum Gasteiger partial charge on any atom is -0.468 e. The minimum atomic E-state index is -0.352. The number of thioether (sulfide) groups is 1. The Labute approximate surface area is 140 Å². The lowest BCUT2D eigenvalue weighted by molar-refractivity contribution is -0.139. The molecule has 118 valence electrons. The largest absolute Gasteiger partial charge is 0.468 e. The van der Waals surface area contributed by atoms with Crippen molar-refractivity contribution >= 4 is 39.3 Å². The number of hydrogen-bond donors (Lipinski definition) is 0. The molecular weight excluding hydrogens is 335 g/mol. The van der Waals surface area contributed by atoms with Gasteiger partial charge in [0, 0.05) is 4.88 Å². The van der Waals surface area contributed by atoms with Crippen LogP contribution in [0, 0.1) is 5.82 Å². The van der Waals surface area contributed by atoms with E-state index >= 15 is 0 Å². The summed E-state index contributed by atoms with van der Waals surface area (Å²) in [4.78, 5) is 21.1. The molecule has 0 aliphatic carbocycles. The Morgan fingerprint density at radius 1 is 1.30 bits per heavy atom. The molecule has 1 aromatic carbocycles. The van der Waals surface area contributed by atoms with Crippen LogP contribution < -0.4 is 0 Å². The minimum absolute atomic E-state index is 0.266. The molecule has 3 rings (SSSR count). The molecule has 7 heteroatoms. The highest BCUT2D eigenvalue weighted by Crippen LogP contribution is 2.38. The molecule has 23 heavy (non-hydrogen) atoms. The zero-order chi connectivity index (χ0) is 16.4. The fourth-order valence-electron chi connectivity index (χ4n) is 2.05. The van der Waals surface area contributed by atoms with E-state index in [-0.39, 0.29) is 17.0 Å². The maximum Gasteiger partial charge on any atom is 0.318 e. The standard InChI is InChI=1S/C16H13FN2O2S2/c1-9(16(20)21-2)22-15-14-12(18-8-19-15)7-13(23-14)10-3-5-11(17)6-4-10/h3-9H,1-2H3. The van der Waals surface area contributed by atoms with E-state index in [2.05, 4.69) is 9.97 Å². The predicted octanol–water partition coefficient (Wildman–Crippen LogP) is 4.15. The first kappa shape index (κ1) is 15.9. The maximum absolute atomic E-state index is 13.1. The zero-order valence-electron chi connectivity index (χ0n) is 12.4. The van der Waals surface area contributed by atoms with E-state index in [1.807, 2.05) is 6.07 Å². The normalized spacial score (nSPS) is 12.3. The van der Waals surface area contributed by atoms with Crippen molar-refractivity contribution in [1.82, 2.24) is 9.97 Å². The molecule has 0 fully saturated rings. The van der Waals surface area contributed by atoms with Gasteiger partial charge in [-0.3, -0.25) is 4.79 Å². The van der Waals surface area contributed by atoms with Crippen molar-refractivity contribution in [2.45, 2.75) is 17.2 Å². The maximum atomic E-state index is 13.1. The van der Waals surface area contributed by atoms with Crippen molar-refractivity contribution in [3.8, 4) is 10.4 Å². The molecule has 0 radical (unpaired) electrons. The number of hydrogen-bond acceptors (Lipinski definition) is 6.